The minimum absolute atomic E-state index is 0.0897. The third-order valence-electron chi connectivity index (χ3n) is 8.03. The maximum absolute atomic E-state index is 13.6. The molecule has 3 N–H and O–H groups in total. The van der Waals surface area contributed by atoms with E-state index in [1.165, 1.54) is 33.6 Å². The number of carbonyl (C=O) groups is 1. The summed E-state index contributed by atoms with van der Waals surface area (Å²) < 4.78 is 41.8. The smallest absolute Gasteiger partial charge is 0.264 e. The van der Waals surface area contributed by atoms with Crippen molar-refractivity contribution in [3.8, 4) is 0 Å². The maximum Gasteiger partial charge on any atom is 0.264 e. The van der Waals surface area contributed by atoms with E-state index in [9.17, 15) is 17.6 Å². The monoisotopic (exact) mass is 573 g/mol. The van der Waals surface area contributed by atoms with Crippen molar-refractivity contribution in [2.45, 2.75) is 17.4 Å². The van der Waals surface area contributed by atoms with Gasteiger partial charge in [-0.05, 0) is 72.5 Å². The Hall–Kier alpha value is -4.42. The van der Waals surface area contributed by atoms with Crippen molar-refractivity contribution in [3.63, 3.8) is 0 Å². The van der Waals surface area contributed by atoms with E-state index in [4.69, 9.17) is 5.41 Å². The lowest BCUT2D eigenvalue weighted by Crippen LogP contribution is -2.37. The number of halogens is 1. The van der Waals surface area contributed by atoms with Crippen molar-refractivity contribution < 1.29 is 17.6 Å². The van der Waals surface area contributed by atoms with Crippen LogP contribution in [0, 0.1) is 30.0 Å². The van der Waals surface area contributed by atoms with Gasteiger partial charge in [0.2, 0.25) is 10.9 Å². The highest BCUT2D eigenvalue weighted by atomic mass is 32.2. The molecule has 1 saturated carbocycles. The number of hydrogen-bond donors (Lipinski definition) is 3. The highest BCUT2D eigenvalue weighted by Crippen LogP contribution is 2.66. The number of nitrogens with zero attached hydrogens (tertiary/aromatic N) is 4. The van der Waals surface area contributed by atoms with Gasteiger partial charge in [-0.25, -0.2) is 12.8 Å². The minimum atomic E-state index is -3.94. The molecular weight excluding hydrogens is 545 g/mol. The predicted molar refractivity (Wildman–Crippen MR) is 152 cm³/mol. The molecule has 41 heavy (non-hydrogen) atoms. The van der Waals surface area contributed by atoms with Gasteiger partial charge in [0.1, 0.15) is 5.82 Å². The fourth-order valence-electron chi connectivity index (χ4n) is 6.09. The van der Waals surface area contributed by atoms with Gasteiger partial charge in [0.25, 0.3) is 10.0 Å². The Labute approximate surface area is 236 Å². The molecule has 0 radical (unpaired) electrons. The average molecular weight is 574 g/mol. The van der Waals surface area contributed by atoms with E-state index in [2.05, 4.69) is 20.8 Å². The lowest BCUT2D eigenvalue weighted by Gasteiger charge is -2.25. The summed E-state index contributed by atoms with van der Waals surface area (Å²) >= 11 is 0. The molecule has 1 amide bonds. The normalized spacial score (nSPS) is 21.7. The summed E-state index contributed by atoms with van der Waals surface area (Å²) in [4.78, 5) is 14.8. The van der Waals surface area contributed by atoms with Crippen LogP contribution in [0.4, 0.5) is 21.5 Å². The van der Waals surface area contributed by atoms with Gasteiger partial charge in [-0.2, -0.15) is 14.2 Å². The molecule has 2 heterocycles. The molecule has 4 aromatic rings. The number of sulfonamides is 1. The van der Waals surface area contributed by atoms with Gasteiger partial charge >= 0.3 is 0 Å². The van der Waals surface area contributed by atoms with Crippen molar-refractivity contribution in [3.05, 3.63) is 95.4 Å². The number of para-hydroxylation sites is 1. The topological polar surface area (TPSA) is 133 Å². The largest absolute Gasteiger partial charge is 0.355 e. The number of anilines is 3. The minimum Gasteiger partial charge on any atom is -0.355 e. The van der Waals surface area contributed by atoms with Gasteiger partial charge in [-0.3, -0.25) is 4.79 Å². The summed E-state index contributed by atoms with van der Waals surface area (Å²) in [6, 6.07) is 18.8. The Bertz CT molecular complexity index is 1760. The molecule has 210 valence electrons. The van der Waals surface area contributed by atoms with Crippen LogP contribution in [0.1, 0.15) is 16.7 Å². The Morgan fingerprint density at radius 3 is 2.51 bits per heavy atom. The highest BCUT2D eigenvalue weighted by Gasteiger charge is 2.74. The molecule has 6 rings (SSSR count). The molecule has 1 aliphatic heterocycles. The van der Waals surface area contributed by atoms with Gasteiger partial charge in [0, 0.05) is 54.4 Å². The molecule has 12 heteroatoms. The lowest BCUT2D eigenvalue weighted by molar-refractivity contribution is -0.118. The number of rotatable bonds is 8. The third-order valence-corrected chi connectivity index (χ3v) is 9.71. The van der Waals surface area contributed by atoms with E-state index in [1.54, 1.807) is 19.2 Å². The second kappa shape index (κ2) is 9.89. The summed E-state index contributed by atoms with van der Waals surface area (Å²) in [5.74, 6) is -1.27. The van der Waals surface area contributed by atoms with E-state index in [1.807, 2.05) is 49.4 Å². The predicted octanol–water partition coefficient (Wildman–Crippen LogP) is 3.83. The van der Waals surface area contributed by atoms with Crippen molar-refractivity contribution in [1.29, 1.82) is 5.41 Å². The summed E-state index contributed by atoms with van der Waals surface area (Å²) in [5, 5.41) is 22.1. The van der Waals surface area contributed by atoms with E-state index < -0.39 is 21.4 Å². The number of piperidine rings is 1. The number of hydrogen-bond acceptors (Lipinski definition) is 7. The molecular formula is C29H28FN7O3S. The first-order chi connectivity index (χ1) is 19.6. The first-order valence-corrected chi connectivity index (χ1v) is 14.5. The van der Waals surface area contributed by atoms with Crippen molar-refractivity contribution in [1.82, 2.24) is 19.3 Å². The summed E-state index contributed by atoms with van der Waals surface area (Å²) in [6.45, 7) is 2.15. The number of aromatic nitrogens is 3. The molecule has 2 fully saturated rings. The number of benzene rings is 3. The highest BCUT2D eigenvalue weighted by molar-refractivity contribution is 7.89. The fourth-order valence-corrected chi connectivity index (χ4v) is 7.50. The van der Waals surface area contributed by atoms with Gasteiger partial charge in [-0.1, -0.05) is 18.2 Å². The van der Waals surface area contributed by atoms with Crippen LogP contribution in [-0.4, -0.2) is 52.9 Å². The van der Waals surface area contributed by atoms with Gasteiger partial charge < -0.3 is 16.0 Å². The molecule has 0 bridgehead atoms. The number of aryl methyl sites for hydroxylation is 2. The summed E-state index contributed by atoms with van der Waals surface area (Å²) in [6.07, 6.45) is 2.44. The average Bonchev–Trinajstić information content (AvgIpc) is 3.21. The Balaban J connectivity index is 1.38. The number of amides is 1. The molecule has 1 aromatic heterocycles. The van der Waals surface area contributed by atoms with Gasteiger partial charge in [-0.15, -0.1) is 5.10 Å². The molecule has 10 nitrogen and oxygen atoms in total. The van der Waals surface area contributed by atoms with E-state index in [0.29, 0.717) is 22.6 Å². The standard InChI is InChI=1S/C29H28FN7O3S/c1-18-12-25(33-22-10-8-20(30)9-11-22)19(14-31)13-23(18)29-17-37(41(39,40)26-15-32-36(2)35-26)16-24(29)27(29)28(38)34-21-6-4-3-5-7-21/h3-15,24,27,31,33H,16-17H2,1-2H3,(H,34,38)/t24-,27+,29+/m0/s1. The van der Waals surface area contributed by atoms with Crippen LogP contribution < -0.4 is 10.6 Å². The fraction of sp³-hybridized carbons (Fsp3) is 0.241. The van der Waals surface area contributed by atoms with Gasteiger partial charge in [0.05, 0.1) is 12.1 Å². The van der Waals surface area contributed by atoms with E-state index >= 15 is 0 Å². The maximum atomic E-state index is 13.6. The first kappa shape index (κ1) is 26.8. The van der Waals surface area contributed by atoms with Crippen LogP contribution in [0.15, 0.2) is 78.0 Å². The van der Waals surface area contributed by atoms with E-state index in [-0.39, 0.29) is 35.8 Å². The Morgan fingerprint density at radius 2 is 1.85 bits per heavy atom. The zero-order valence-electron chi connectivity index (χ0n) is 22.4. The van der Waals surface area contributed by atoms with Gasteiger partial charge in [0.15, 0.2) is 0 Å². The molecule has 1 aliphatic carbocycles. The lowest BCUT2D eigenvalue weighted by atomic mass is 9.87. The molecule has 0 unspecified atom stereocenters. The summed E-state index contributed by atoms with van der Waals surface area (Å²) in [7, 11) is -2.38. The Morgan fingerprint density at radius 1 is 1.12 bits per heavy atom. The Kier molecular flexibility index (Phi) is 6.46. The summed E-state index contributed by atoms with van der Waals surface area (Å²) in [5.41, 5.74) is 3.41. The SMILES string of the molecule is Cc1cc(Nc2ccc(F)cc2)c(C=N)cc1[C@]12CN(S(=O)(=O)c3cnn(C)n3)C[C@H]1[C@@H]2C(=O)Nc1ccccc1. The van der Waals surface area contributed by atoms with E-state index in [0.717, 1.165) is 11.1 Å². The van der Waals surface area contributed by atoms with Crippen LogP contribution in [0.25, 0.3) is 0 Å². The van der Waals surface area contributed by atoms with Crippen LogP contribution in [0.3, 0.4) is 0 Å². The van der Waals surface area contributed by atoms with Crippen molar-refractivity contribution in [2.24, 2.45) is 18.9 Å². The first-order valence-electron chi connectivity index (χ1n) is 13.0. The number of carbonyl (C=O) groups excluding carboxylic acids is 1. The molecule has 0 spiro atoms. The molecule has 2 aliphatic rings. The van der Waals surface area contributed by atoms with Crippen molar-refractivity contribution >= 4 is 39.2 Å². The molecule has 1 saturated heterocycles. The van der Waals surface area contributed by atoms with Crippen molar-refractivity contribution in [2.75, 3.05) is 23.7 Å². The second-order valence-corrected chi connectivity index (χ2v) is 12.4. The van der Waals surface area contributed by atoms with Crippen LogP contribution >= 0.6 is 0 Å². The zero-order valence-corrected chi connectivity index (χ0v) is 23.2. The molecule has 3 atom stereocenters. The van der Waals surface area contributed by atoms with Crippen LogP contribution in [0.2, 0.25) is 0 Å². The zero-order chi connectivity index (χ0) is 28.9. The molecule has 3 aromatic carbocycles. The van der Waals surface area contributed by atoms with Crippen LogP contribution in [-0.2, 0) is 27.3 Å². The van der Waals surface area contributed by atoms with Crippen LogP contribution in [0.5, 0.6) is 0 Å². The second-order valence-electron chi connectivity index (χ2n) is 10.5. The third kappa shape index (κ3) is 4.58. The quantitative estimate of drug-likeness (QED) is 0.275. The number of fused-ring (bicyclic) bond motifs is 1. The number of nitrogens with one attached hydrogen (secondary N) is 3.